The summed E-state index contributed by atoms with van der Waals surface area (Å²) < 4.78 is 0.700. The molecule has 6 heteroatoms. The van der Waals surface area contributed by atoms with Gasteiger partial charge in [-0.2, -0.15) is 0 Å². The largest absolute Gasteiger partial charge is 0.330 e. The summed E-state index contributed by atoms with van der Waals surface area (Å²) in [6.45, 7) is 0.451. The highest BCUT2D eigenvalue weighted by Crippen LogP contribution is 2.30. The molecule has 0 saturated heterocycles. The monoisotopic (exact) mass is 243 g/mol. The van der Waals surface area contributed by atoms with Crippen molar-refractivity contribution in [3.8, 4) is 10.6 Å². The first-order valence-corrected chi connectivity index (χ1v) is 5.67. The maximum Gasteiger partial charge on any atom is 0.267 e. The lowest BCUT2D eigenvalue weighted by molar-refractivity contribution is 0.960. The van der Waals surface area contributed by atoms with Gasteiger partial charge in [0, 0.05) is 5.56 Å². The number of halogens is 1. The molecule has 4 N–H and O–H groups in total. The molecule has 2 aromatic rings. The van der Waals surface area contributed by atoms with E-state index in [9.17, 15) is 4.79 Å². The highest BCUT2D eigenvalue weighted by molar-refractivity contribution is 7.19. The molecular formula is C9H10ClN3OS. The highest BCUT2D eigenvalue weighted by Gasteiger charge is 2.12. The number of nitrogens with one attached hydrogen (secondary N) is 2. The molecule has 15 heavy (non-hydrogen) atoms. The lowest BCUT2D eigenvalue weighted by Gasteiger charge is -1.96. The van der Waals surface area contributed by atoms with E-state index in [0.29, 0.717) is 22.9 Å². The van der Waals surface area contributed by atoms with Gasteiger partial charge in [-0.3, -0.25) is 15.0 Å². The molecule has 0 amide bonds. The van der Waals surface area contributed by atoms with Gasteiger partial charge in [-0.25, -0.2) is 0 Å². The SMILES string of the molecule is NCCc1c(-c2ccc(Cl)s2)[nH][nH]c1=O. The third-order valence-electron chi connectivity index (χ3n) is 2.09. The summed E-state index contributed by atoms with van der Waals surface area (Å²) in [4.78, 5) is 12.4. The van der Waals surface area contributed by atoms with Crippen molar-refractivity contribution in [1.29, 1.82) is 0 Å². The van der Waals surface area contributed by atoms with Gasteiger partial charge in [-0.15, -0.1) is 11.3 Å². The Hall–Kier alpha value is -1.04. The van der Waals surface area contributed by atoms with Crippen LogP contribution >= 0.6 is 22.9 Å². The summed E-state index contributed by atoms with van der Waals surface area (Å²) >= 11 is 7.27. The Morgan fingerprint density at radius 3 is 2.80 bits per heavy atom. The van der Waals surface area contributed by atoms with E-state index < -0.39 is 0 Å². The summed E-state index contributed by atoms with van der Waals surface area (Å²) in [5.74, 6) is 0. The minimum absolute atomic E-state index is 0.111. The van der Waals surface area contributed by atoms with Crippen LogP contribution in [0.1, 0.15) is 5.56 Å². The van der Waals surface area contributed by atoms with Gasteiger partial charge in [0.25, 0.3) is 5.56 Å². The van der Waals surface area contributed by atoms with Crippen molar-refractivity contribution in [3.05, 3.63) is 32.4 Å². The van der Waals surface area contributed by atoms with Gasteiger partial charge in [-0.1, -0.05) is 11.6 Å². The fraction of sp³-hybridized carbons (Fsp3) is 0.222. The normalized spacial score (nSPS) is 10.8. The Morgan fingerprint density at radius 1 is 1.40 bits per heavy atom. The first-order chi connectivity index (χ1) is 7.22. The fourth-order valence-corrected chi connectivity index (χ4v) is 2.50. The lowest BCUT2D eigenvalue weighted by atomic mass is 10.1. The minimum atomic E-state index is -0.111. The van der Waals surface area contributed by atoms with E-state index in [0.717, 1.165) is 10.6 Å². The molecule has 0 fully saturated rings. The quantitative estimate of drug-likeness (QED) is 0.766. The highest BCUT2D eigenvalue weighted by atomic mass is 35.5. The first kappa shape index (κ1) is 10.5. The van der Waals surface area contributed by atoms with Crippen LogP contribution in [0, 0.1) is 0 Å². The molecule has 0 aromatic carbocycles. The Bertz CT molecular complexity index is 513. The molecule has 2 aromatic heterocycles. The van der Waals surface area contributed by atoms with Crippen molar-refractivity contribution in [2.45, 2.75) is 6.42 Å². The van der Waals surface area contributed by atoms with Crippen LogP contribution in [0.15, 0.2) is 16.9 Å². The van der Waals surface area contributed by atoms with Crippen LogP contribution in [0.2, 0.25) is 4.34 Å². The topological polar surface area (TPSA) is 74.7 Å². The average Bonchev–Trinajstić information content (AvgIpc) is 2.76. The van der Waals surface area contributed by atoms with Crippen LogP contribution in [0.3, 0.4) is 0 Å². The number of aromatic amines is 2. The molecule has 0 aliphatic rings. The van der Waals surface area contributed by atoms with Crippen LogP contribution in [0.5, 0.6) is 0 Å². The molecular weight excluding hydrogens is 234 g/mol. The third kappa shape index (κ3) is 1.99. The minimum Gasteiger partial charge on any atom is -0.330 e. The van der Waals surface area contributed by atoms with E-state index >= 15 is 0 Å². The van der Waals surface area contributed by atoms with Crippen LogP contribution in [0.25, 0.3) is 10.6 Å². The van der Waals surface area contributed by atoms with Crippen LogP contribution in [-0.2, 0) is 6.42 Å². The van der Waals surface area contributed by atoms with Gasteiger partial charge in [0.15, 0.2) is 0 Å². The van der Waals surface area contributed by atoms with Crippen molar-refractivity contribution in [1.82, 2.24) is 10.2 Å². The van der Waals surface area contributed by atoms with Crippen molar-refractivity contribution < 1.29 is 0 Å². The zero-order valence-electron chi connectivity index (χ0n) is 7.84. The van der Waals surface area contributed by atoms with Gasteiger partial charge in [-0.05, 0) is 25.1 Å². The van der Waals surface area contributed by atoms with E-state index in [-0.39, 0.29) is 5.56 Å². The first-order valence-electron chi connectivity index (χ1n) is 4.47. The van der Waals surface area contributed by atoms with E-state index in [1.54, 1.807) is 6.07 Å². The third-order valence-corrected chi connectivity index (χ3v) is 3.34. The molecule has 0 atom stereocenters. The maximum atomic E-state index is 11.4. The molecule has 0 saturated carbocycles. The molecule has 4 nitrogen and oxygen atoms in total. The van der Waals surface area contributed by atoms with Crippen molar-refractivity contribution in [2.24, 2.45) is 5.73 Å². The van der Waals surface area contributed by atoms with Gasteiger partial charge < -0.3 is 5.73 Å². The van der Waals surface area contributed by atoms with Crippen molar-refractivity contribution in [3.63, 3.8) is 0 Å². The van der Waals surface area contributed by atoms with Crippen molar-refractivity contribution >= 4 is 22.9 Å². The summed E-state index contributed by atoms with van der Waals surface area (Å²) in [5, 5.41) is 5.40. The zero-order valence-corrected chi connectivity index (χ0v) is 9.41. The Labute approximate surface area is 95.1 Å². The van der Waals surface area contributed by atoms with Crippen LogP contribution in [0.4, 0.5) is 0 Å². The second-order valence-electron chi connectivity index (χ2n) is 3.08. The molecule has 80 valence electrons. The number of hydrogen-bond acceptors (Lipinski definition) is 3. The number of rotatable bonds is 3. The summed E-state index contributed by atoms with van der Waals surface area (Å²) in [6.07, 6.45) is 0.559. The van der Waals surface area contributed by atoms with Crippen molar-refractivity contribution in [2.75, 3.05) is 6.54 Å². The summed E-state index contributed by atoms with van der Waals surface area (Å²) in [7, 11) is 0. The second-order valence-corrected chi connectivity index (χ2v) is 4.79. The predicted molar refractivity (Wildman–Crippen MR) is 62.5 cm³/mol. The standard InChI is InChI=1S/C9H10ClN3OS/c10-7-2-1-6(15-7)8-5(3-4-11)9(14)13-12-8/h1-2H,3-4,11H2,(H2,12,13,14). The molecule has 0 bridgehead atoms. The number of nitrogens with two attached hydrogens (primary N) is 1. The predicted octanol–water partition coefficient (Wildman–Crippen LogP) is 1.59. The van der Waals surface area contributed by atoms with Gasteiger partial charge in [0.05, 0.1) is 14.9 Å². The Morgan fingerprint density at radius 2 is 2.20 bits per heavy atom. The average molecular weight is 244 g/mol. The number of aromatic nitrogens is 2. The number of H-pyrrole nitrogens is 2. The Kier molecular flexibility index (Phi) is 2.95. The molecule has 0 spiro atoms. The van der Waals surface area contributed by atoms with Gasteiger partial charge in [0.1, 0.15) is 0 Å². The molecule has 0 aliphatic carbocycles. The molecule has 2 heterocycles. The summed E-state index contributed by atoms with van der Waals surface area (Å²) in [5.41, 5.74) is 6.82. The molecule has 2 rings (SSSR count). The van der Waals surface area contributed by atoms with Gasteiger partial charge in [0.2, 0.25) is 0 Å². The molecule has 0 unspecified atom stereocenters. The van der Waals surface area contributed by atoms with Gasteiger partial charge >= 0.3 is 0 Å². The van der Waals surface area contributed by atoms with E-state index in [2.05, 4.69) is 10.2 Å². The fourth-order valence-electron chi connectivity index (χ4n) is 1.43. The maximum absolute atomic E-state index is 11.4. The second kappa shape index (κ2) is 4.22. The zero-order chi connectivity index (χ0) is 10.8. The smallest absolute Gasteiger partial charge is 0.267 e. The van der Waals surface area contributed by atoms with E-state index in [1.807, 2.05) is 6.07 Å². The number of thiophene rings is 1. The number of hydrogen-bond donors (Lipinski definition) is 3. The lowest BCUT2D eigenvalue weighted by Crippen LogP contribution is -2.11. The summed E-state index contributed by atoms with van der Waals surface area (Å²) in [6, 6.07) is 3.69. The van der Waals surface area contributed by atoms with Crippen LogP contribution < -0.4 is 11.3 Å². The molecule has 0 aliphatic heterocycles. The Balaban J connectivity index is 2.48. The van der Waals surface area contributed by atoms with E-state index in [4.69, 9.17) is 17.3 Å². The molecule has 0 radical (unpaired) electrons. The van der Waals surface area contributed by atoms with Crippen LogP contribution in [-0.4, -0.2) is 16.7 Å². The van der Waals surface area contributed by atoms with E-state index in [1.165, 1.54) is 11.3 Å².